The molecule has 2 aliphatic rings. The highest BCUT2D eigenvalue weighted by atomic mass is 16.2. The van der Waals surface area contributed by atoms with Crippen molar-refractivity contribution in [2.75, 3.05) is 6.54 Å². The van der Waals surface area contributed by atoms with E-state index < -0.39 is 0 Å². The number of carbonyl (C=O) groups is 1. The number of amides is 1. The van der Waals surface area contributed by atoms with E-state index in [1.54, 1.807) is 0 Å². The number of imidazole rings is 1. The molecule has 1 aliphatic carbocycles. The number of fused-ring (bicyclic) bond motifs is 1. The van der Waals surface area contributed by atoms with Crippen LogP contribution in [0.2, 0.25) is 0 Å². The zero-order valence-electron chi connectivity index (χ0n) is 15.3. The molecule has 1 aromatic carbocycles. The van der Waals surface area contributed by atoms with E-state index in [0.717, 1.165) is 30.9 Å². The summed E-state index contributed by atoms with van der Waals surface area (Å²) < 4.78 is 2.38. The highest BCUT2D eigenvalue weighted by Crippen LogP contribution is 2.34. The summed E-state index contributed by atoms with van der Waals surface area (Å²) in [4.78, 5) is 19.8. The first-order chi connectivity index (χ1) is 12.3. The van der Waals surface area contributed by atoms with Gasteiger partial charge in [-0.2, -0.15) is 0 Å². The van der Waals surface area contributed by atoms with Crippen LogP contribution in [0.1, 0.15) is 70.0 Å². The molecule has 0 bridgehead atoms. The van der Waals surface area contributed by atoms with Crippen LogP contribution < -0.4 is 0 Å². The number of aryl methyl sites for hydroxylation is 1. The molecule has 2 heterocycles. The van der Waals surface area contributed by atoms with Crippen molar-refractivity contribution in [1.82, 2.24) is 14.5 Å². The number of benzene rings is 1. The molecule has 1 atom stereocenters. The third-order valence-corrected chi connectivity index (χ3v) is 5.96. The third kappa shape index (κ3) is 3.19. The summed E-state index contributed by atoms with van der Waals surface area (Å²) in [7, 11) is 0. The number of nitrogens with zero attached hydrogens (tertiary/aromatic N) is 3. The topological polar surface area (TPSA) is 38.1 Å². The molecule has 4 rings (SSSR count). The predicted octanol–water partition coefficient (Wildman–Crippen LogP) is 4.49. The highest BCUT2D eigenvalue weighted by molar-refractivity contribution is 5.81. The maximum atomic E-state index is 12.7. The summed E-state index contributed by atoms with van der Waals surface area (Å²) in [6, 6.07) is 8.87. The van der Waals surface area contributed by atoms with Crippen molar-refractivity contribution in [3.8, 4) is 0 Å². The van der Waals surface area contributed by atoms with E-state index in [1.807, 2.05) is 0 Å². The van der Waals surface area contributed by atoms with E-state index in [0.29, 0.717) is 18.4 Å². The lowest BCUT2D eigenvalue weighted by Gasteiger charge is -2.31. The Labute approximate surface area is 150 Å². The van der Waals surface area contributed by atoms with Gasteiger partial charge in [-0.25, -0.2) is 4.98 Å². The van der Waals surface area contributed by atoms with E-state index in [-0.39, 0.29) is 5.92 Å². The molecular weight excluding hydrogens is 310 g/mol. The van der Waals surface area contributed by atoms with Crippen LogP contribution in [-0.2, 0) is 11.3 Å². The maximum absolute atomic E-state index is 12.7. The zero-order chi connectivity index (χ0) is 17.2. The number of unbranched alkanes of at least 4 members (excludes halogenated alkanes) is 1. The van der Waals surface area contributed by atoms with Gasteiger partial charge in [0.15, 0.2) is 0 Å². The Morgan fingerprint density at radius 1 is 1.16 bits per heavy atom. The molecule has 1 unspecified atom stereocenters. The fraction of sp³-hybridized carbons (Fsp3) is 0.619. The van der Waals surface area contributed by atoms with E-state index >= 15 is 0 Å². The van der Waals surface area contributed by atoms with Crippen molar-refractivity contribution in [3.63, 3.8) is 0 Å². The van der Waals surface area contributed by atoms with E-state index in [1.165, 1.54) is 44.0 Å². The molecule has 0 spiro atoms. The Hall–Kier alpha value is -1.84. The van der Waals surface area contributed by atoms with Gasteiger partial charge in [0.05, 0.1) is 11.0 Å². The van der Waals surface area contributed by atoms with Crippen molar-refractivity contribution in [1.29, 1.82) is 0 Å². The Balaban J connectivity index is 1.61. The first-order valence-corrected chi connectivity index (χ1v) is 10.0. The number of hydrogen-bond acceptors (Lipinski definition) is 2. The average Bonchev–Trinajstić information content (AvgIpc) is 3.21. The van der Waals surface area contributed by atoms with Gasteiger partial charge in [-0.15, -0.1) is 0 Å². The van der Waals surface area contributed by atoms with Gasteiger partial charge in [-0.1, -0.05) is 44.7 Å². The molecule has 1 aliphatic heterocycles. The lowest BCUT2D eigenvalue weighted by molar-refractivity contribution is -0.130. The van der Waals surface area contributed by atoms with Gasteiger partial charge in [-0.3, -0.25) is 4.79 Å². The second-order valence-electron chi connectivity index (χ2n) is 7.70. The Morgan fingerprint density at radius 3 is 2.76 bits per heavy atom. The van der Waals surface area contributed by atoms with Gasteiger partial charge in [0.2, 0.25) is 5.91 Å². The van der Waals surface area contributed by atoms with E-state index in [2.05, 4.69) is 40.7 Å². The summed E-state index contributed by atoms with van der Waals surface area (Å²) in [5.74, 6) is 1.71. The lowest BCUT2D eigenvalue weighted by atomic mass is 9.94. The summed E-state index contributed by atoms with van der Waals surface area (Å²) in [5, 5.41) is 0. The summed E-state index contributed by atoms with van der Waals surface area (Å²) >= 11 is 0. The van der Waals surface area contributed by atoms with Crippen molar-refractivity contribution in [2.24, 2.45) is 0 Å². The average molecular weight is 339 g/mol. The smallest absolute Gasteiger partial charge is 0.223 e. The molecule has 25 heavy (non-hydrogen) atoms. The second kappa shape index (κ2) is 7.19. The molecule has 0 radical (unpaired) electrons. The minimum atomic E-state index is 0.249. The van der Waals surface area contributed by atoms with Crippen LogP contribution in [0.3, 0.4) is 0 Å². The fourth-order valence-electron chi connectivity index (χ4n) is 4.61. The molecule has 1 aromatic heterocycles. The van der Waals surface area contributed by atoms with Gasteiger partial charge in [0, 0.05) is 31.5 Å². The van der Waals surface area contributed by atoms with Gasteiger partial charge in [0.25, 0.3) is 0 Å². The largest absolute Gasteiger partial charge is 0.339 e. The molecule has 1 saturated heterocycles. The summed E-state index contributed by atoms with van der Waals surface area (Å²) in [5.41, 5.74) is 2.28. The van der Waals surface area contributed by atoms with Crippen molar-refractivity contribution in [3.05, 3.63) is 30.1 Å². The normalized spacial score (nSPS) is 22.2. The second-order valence-corrected chi connectivity index (χ2v) is 7.70. The molecular formula is C21H29N3O. The fourth-order valence-corrected chi connectivity index (χ4v) is 4.61. The van der Waals surface area contributed by atoms with Crippen LogP contribution in [0.25, 0.3) is 11.0 Å². The number of para-hydroxylation sites is 2. The molecule has 0 N–H and O–H groups in total. The minimum Gasteiger partial charge on any atom is -0.339 e. The van der Waals surface area contributed by atoms with Crippen LogP contribution in [0.4, 0.5) is 0 Å². The van der Waals surface area contributed by atoms with Crippen LogP contribution in [0, 0.1) is 0 Å². The molecule has 4 nitrogen and oxygen atoms in total. The number of likely N-dealkylation sites (tertiary alicyclic amines) is 1. The van der Waals surface area contributed by atoms with Gasteiger partial charge >= 0.3 is 0 Å². The molecule has 1 saturated carbocycles. The first-order valence-electron chi connectivity index (χ1n) is 10.0. The van der Waals surface area contributed by atoms with Crippen LogP contribution in [0.5, 0.6) is 0 Å². The van der Waals surface area contributed by atoms with Crippen LogP contribution in [0.15, 0.2) is 24.3 Å². The summed E-state index contributed by atoms with van der Waals surface area (Å²) in [6.07, 6.45) is 9.20. The Kier molecular flexibility index (Phi) is 4.78. The van der Waals surface area contributed by atoms with Crippen molar-refractivity contribution >= 4 is 16.9 Å². The van der Waals surface area contributed by atoms with Crippen LogP contribution >= 0.6 is 0 Å². The monoisotopic (exact) mass is 339 g/mol. The molecule has 2 fully saturated rings. The molecule has 1 amide bonds. The highest BCUT2D eigenvalue weighted by Gasteiger charge is 2.37. The van der Waals surface area contributed by atoms with Crippen molar-refractivity contribution < 1.29 is 4.79 Å². The van der Waals surface area contributed by atoms with Gasteiger partial charge in [-0.05, 0) is 31.4 Å². The standard InChI is InChI=1S/C21H29N3O/c1-2-3-13-23-19-12-8-7-11-18(19)22-21(23)16-14-20(25)24(15-16)17-9-5-4-6-10-17/h7-8,11-12,16-17H,2-6,9-10,13-15H2,1H3. The zero-order valence-corrected chi connectivity index (χ0v) is 15.3. The van der Waals surface area contributed by atoms with E-state index in [4.69, 9.17) is 4.98 Å². The maximum Gasteiger partial charge on any atom is 0.223 e. The minimum absolute atomic E-state index is 0.249. The third-order valence-electron chi connectivity index (χ3n) is 5.96. The summed E-state index contributed by atoms with van der Waals surface area (Å²) in [6.45, 7) is 4.09. The lowest BCUT2D eigenvalue weighted by Crippen LogP contribution is -2.37. The van der Waals surface area contributed by atoms with E-state index in [9.17, 15) is 4.79 Å². The Morgan fingerprint density at radius 2 is 1.96 bits per heavy atom. The molecule has 4 heteroatoms. The predicted molar refractivity (Wildman–Crippen MR) is 101 cm³/mol. The first kappa shape index (κ1) is 16.6. The number of hydrogen-bond donors (Lipinski definition) is 0. The Bertz CT molecular complexity index is 745. The number of aromatic nitrogens is 2. The molecule has 2 aromatic rings. The quantitative estimate of drug-likeness (QED) is 0.805. The molecule has 134 valence electrons. The van der Waals surface area contributed by atoms with Crippen LogP contribution in [-0.4, -0.2) is 32.9 Å². The van der Waals surface area contributed by atoms with Crippen molar-refractivity contribution in [2.45, 2.75) is 76.8 Å². The van der Waals surface area contributed by atoms with Gasteiger partial charge in [0.1, 0.15) is 5.82 Å². The number of carbonyl (C=O) groups excluding carboxylic acids is 1. The van der Waals surface area contributed by atoms with Gasteiger partial charge < -0.3 is 9.47 Å². The number of rotatable bonds is 5. The SMILES string of the molecule is CCCCn1c(C2CC(=O)N(C3CCCCC3)C2)nc2ccccc21.